The Bertz CT molecular complexity index is 644. The van der Waals surface area contributed by atoms with Crippen LogP contribution in [0.5, 0.6) is 5.75 Å². The molecule has 1 atom stereocenters. The number of amides is 2. The minimum atomic E-state index is -0.917. The Kier molecular flexibility index (Phi) is 6.38. The maximum atomic E-state index is 12.3. The largest absolute Gasteiger partial charge is 0.491 e. The highest BCUT2D eigenvalue weighted by atomic mass is 16.5. The molecule has 1 aliphatic heterocycles. The van der Waals surface area contributed by atoms with Crippen molar-refractivity contribution in [3.63, 3.8) is 0 Å². The van der Waals surface area contributed by atoms with Crippen molar-refractivity contribution in [3.8, 4) is 5.75 Å². The van der Waals surface area contributed by atoms with E-state index in [1.807, 2.05) is 13.8 Å². The zero-order valence-electron chi connectivity index (χ0n) is 14.8. The van der Waals surface area contributed by atoms with E-state index in [4.69, 9.17) is 9.47 Å². The second-order valence-corrected chi connectivity index (χ2v) is 6.32. The Morgan fingerprint density at radius 3 is 2.72 bits per heavy atom. The van der Waals surface area contributed by atoms with E-state index in [0.29, 0.717) is 23.9 Å². The van der Waals surface area contributed by atoms with Crippen molar-refractivity contribution < 1.29 is 23.9 Å². The van der Waals surface area contributed by atoms with Gasteiger partial charge in [-0.3, -0.25) is 19.3 Å². The lowest BCUT2D eigenvalue weighted by Gasteiger charge is -2.22. The number of esters is 1. The van der Waals surface area contributed by atoms with Gasteiger partial charge in [0.2, 0.25) is 5.91 Å². The summed E-state index contributed by atoms with van der Waals surface area (Å²) in [4.78, 5) is 37.7. The standard InChI is InChI=1S/C18H24N2O5/c1-12(2)10-19-18(23)13(3)25-17(22)11-20-14-6-4-5-7-15(14)24-9-8-16(20)21/h4-7,12-13H,8-11H2,1-3H3,(H,19,23)/t13-/m1/s1. The van der Waals surface area contributed by atoms with E-state index in [1.54, 1.807) is 24.3 Å². The summed E-state index contributed by atoms with van der Waals surface area (Å²) in [6.45, 7) is 5.96. The number of nitrogens with zero attached hydrogens (tertiary/aromatic N) is 1. The second kappa shape index (κ2) is 8.50. The average molecular weight is 348 g/mol. The predicted molar refractivity (Wildman–Crippen MR) is 92.3 cm³/mol. The number of anilines is 1. The number of nitrogens with one attached hydrogen (secondary N) is 1. The number of para-hydroxylation sites is 2. The van der Waals surface area contributed by atoms with Crippen LogP contribution in [-0.4, -0.2) is 43.6 Å². The molecule has 1 N–H and O–H groups in total. The van der Waals surface area contributed by atoms with Gasteiger partial charge in [0, 0.05) is 6.54 Å². The molecule has 25 heavy (non-hydrogen) atoms. The van der Waals surface area contributed by atoms with Gasteiger partial charge in [0.25, 0.3) is 5.91 Å². The van der Waals surface area contributed by atoms with Gasteiger partial charge in [0.1, 0.15) is 12.3 Å². The van der Waals surface area contributed by atoms with E-state index in [2.05, 4.69) is 5.32 Å². The minimum absolute atomic E-state index is 0.173. The molecular formula is C18H24N2O5. The quantitative estimate of drug-likeness (QED) is 0.788. The molecule has 7 heteroatoms. The topological polar surface area (TPSA) is 84.9 Å². The second-order valence-electron chi connectivity index (χ2n) is 6.32. The molecule has 136 valence electrons. The van der Waals surface area contributed by atoms with Crippen LogP contribution in [0.2, 0.25) is 0 Å². The molecule has 0 fully saturated rings. The Labute approximate surface area is 147 Å². The van der Waals surface area contributed by atoms with E-state index in [-0.39, 0.29) is 31.4 Å². The lowest BCUT2D eigenvalue weighted by atomic mass is 10.2. The molecular weight excluding hydrogens is 324 g/mol. The molecule has 0 saturated carbocycles. The smallest absolute Gasteiger partial charge is 0.326 e. The lowest BCUT2D eigenvalue weighted by Crippen LogP contribution is -2.41. The summed E-state index contributed by atoms with van der Waals surface area (Å²) in [6, 6.07) is 7.02. The third-order valence-electron chi connectivity index (χ3n) is 3.68. The van der Waals surface area contributed by atoms with Crippen molar-refractivity contribution in [1.82, 2.24) is 5.32 Å². The molecule has 1 aliphatic rings. The third-order valence-corrected chi connectivity index (χ3v) is 3.68. The van der Waals surface area contributed by atoms with E-state index in [1.165, 1.54) is 11.8 Å². The van der Waals surface area contributed by atoms with Crippen LogP contribution in [0.1, 0.15) is 27.2 Å². The first kappa shape index (κ1) is 18.8. The molecule has 0 saturated heterocycles. The Morgan fingerprint density at radius 2 is 2.00 bits per heavy atom. The number of carbonyl (C=O) groups is 3. The number of fused-ring (bicyclic) bond motifs is 1. The summed E-state index contributed by atoms with van der Waals surface area (Å²) in [5.74, 6) is -0.369. The van der Waals surface area contributed by atoms with Gasteiger partial charge >= 0.3 is 5.97 Å². The van der Waals surface area contributed by atoms with Crippen molar-refractivity contribution in [3.05, 3.63) is 24.3 Å². The highest BCUT2D eigenvalue weighted by molar-refractivity contribution is 5.99. The van der Waals surface area contributed by atoms with Gasteiger partial charge in [0.15, 0.2) is 6.10 Å². The van der Waals surface area contributed by atoms with Gasteiger partial charge in [-0.05, 0) is 25.0 Å². The van der Waals surface area contributed by atoms with Crippen LogP contribution in [0, 0.1) is 5.92 Å². The molecule has 2 rings (SSSR count). The van der Waals surface area contributed by atoms with Crippen LogP contribution in [-0.2, 0) is 19.1 Å². The van der Waals surface area contributed by atoms with E-state index >= 15 is 0 Å². The maximum Gasteiger partial charge on any atom is 0.326 e. The molecule has 2 amide bonds. The minimum Gasteiger partial charge on any atom is -0.491 e. The molecule has 0 radical (unpaired) electrons. The molecule has 1 heterocycles. The van der Waals surface area contributed by atoms with Crippen molar-refractivity contribution in [2.24, 2.45) is 5.92 Å². The summed E-state index contributed by atoms with van der Waals surface area (Å²) in [5.41, 5.74) is 0.527. The van der Waals surface area contributed by atoms with Crippen LogP contribution in [0.4, 0.5) is 5.69 Å². The van der Waals surface area contributed by atoms with Crippen molar-refractivity contribution in [2.75, 3.05) is 24.6 Å². The fourth-order valence-electron chi connectivity index (χ4n) is 2.36. The highest BCUT2D eigenvalue weighted by Gasteiger charge is 2.27. The monoisotopic (exact) mass is 348 g/mol. The van der Waals surface area contributed by atoms with E-state index < -0.39 is 12.1 Å². The highest BCUT2D eigenvalue weighted by Crippen LogP contribution is 2.30. The predicted octanol–water partition coefficient (Wildman–Crippen LogP) is 1.51. The van der Waals surface area contributed by atoms with Crippen molar-refractivity contribution in [1.29, 1.82) is 0 Å². The van der Waals surface area contributed by atoms with E-state index in [0.717, 1.165) is 0 Å². The zero-order chi connectivity index (χ0) is 18.4. The molecule has 0 aromatic heterocycles. The molecule has 0 unspecified atom stereocenters. The molecule has 1 aromatic rings. The molecule has 7 nitrogen and oxygen atoms in total. The van der Waals surface area contributed by atoms with Gasteiger partial charge in [-0.1, -0.05) is 26.0 Å². The van der Waals surface area contributed by atoms with E-state index in [9.17, 15) is 14.4 Å². The van der Waals surface area contributed by atoms with Gasteiger partial charge < -0.3 is 14.8 Å². The number of ether oxygens (including phenoxy) is 2. The lowest BCUT2D eigenvalue weighted by molar-refractivity contribution is -0.153. The molecule has 1 aromatic carbocycles. The Morgan fingerprint density at radius 1 is 1.28 bits per heavy atom. The molecule has 0 bridgehead atoms. The van der Waals surface area contributed by atoms with Crippen LogP contribution in [0.15, 0.2) is 24.3 Å². The summed E-state index contributed by atoms with van der Waals surface area (Å²) in [6.07, 6.45) is -0.744. The van der Waals surface area contributed by atoms with Crippen molar-refractivity contribution in [2.45, 2.75) is 33.3 Å². The van der Waals surface area contributed by atoms with Gasteiger partial charge in [-0.15, -0.1) is 0 Å². The molecule has 0 aliphatic carbocycles. The zero-order valence-corrected chi connectivity index (χ0v) is 14.8. The average Bonchev–Trinajstić information content (AvgIpc) is 2.72. The number of benzene rings is 1. The Hall–Kier alpha value is -2.57. The first-order valence-corrected chi connectivity index (χ1v) is 8.38. The van der Waals surface area contributed by atoms with Crippen LogP contribution >= 0.6 is 0 Å². The molecule has 0 spiro atoms. The fraction of sp³-hybridized carbons (Fsp3) is 0.500. The van der Waals surface area contributed by atoms with Crippen LogP contribution in [0.25, 0.3) is 0 Å². The summed E-state index contributed by atoms with van der Waals surface area (Å²) in [5, 5.41) is 2.71. The number of hydrogen-bond acceptors (Lipinski definition) is 5. The Balaban J connectivity index is 1.99. The summed E-state index contributed by atoms with van der Waals surface area (Å²) < 4.78 is 10.7. The third kappa shape index (κ3) is 5.20. The fourth-order valence-corrected chi connectivity index (χ4v) is 2.36. The maximum absolute atomic E-state index is 12.3. The number of carbonyl (C=O) groups excluding carboxylic acids is 3. The van der Waals surface area contributed by atoms with Crippen LogP contribution in [0.3, 0.4) is 0 Å². The first-order valence-electron chi connectivity index (χ1n) is 8.38. The van der Waals surface area contributed by atoms with Gasteiger partial charge in [0.05, 0.1) is 18.7 Å². The van der Waals surface area contributed by atoms with Gasteiger partial charge in [-0.25, -0.2) is 0 Å². The van der Waals surface area contributed by atoms with Gasteiger partial charge in [-0.2, -0.15) is 0 Å². The normalized spacial score (nSPS) is 15.0. The SMILES string of the molecule is CC(C)CNC(=O)[C@@H](C)OC(=O)CN1C(=O)CCOc2ccccc21. The van der Waals surface area contributed by atoms with Crippen molar-refractivity contribution >= 4 is 23.5 Å². The number of rotatable bonds is 6. The summed E-state index contributed by atoms with van der Waals surface area (Å²) >= 11 is 0. The number of hydrogen-bond donors (Lipinski definition) is 1. The van der Waals surface area contributed by atoms with Crippen LogP contribution < -0.4 is 15.0 Å². The first-order chi connectivity index (χ1) is 11.9. The summed E-state index contributed by atoms with van der Waals surface area (Å²) in [7, 11) is 0.